The zero-order chi connectivity index (χ0) is 19.2. The Balaban J connectivity index is 1.87. The number of thiocarbonyl (C=S) groups is 1. The lowest BCUT2D eigenvalue weighted by Crippen LogP contribution is -2.47. The number of carbonyl (C=O) groups is 1. The van der Waals surface area contributed by atoms with Crippen LogP contribution in [0.3, 0.4) is 0 Å². The molecule has 27 heavy (non-hydrogen) atoms. The third-order valence-corrected chi connectivity index (χ3v) is 4.40. The lowest BCUT2D eigenvalue weighted by atomic mass is 10.0. The maximum Gasteiger partial charge on any atom is 0.286 e. The number of halogens is 1. The zero-order valence-electron chi connectivity index (χ0n) is 14.9. The van der Waals surface area contributed by atoms with Gasteiger partial charge in [-0.25, -0.2) is 4.39 Å². The van der Waals surface area contributed by atoms with Gasteiger partial charge in [-0.3, -0.25) is 15.6 Å². The maximum atomic E-state index is 13.8. The summed E-state index contributed by atoms with van der Waals surface area (Å²) in [7, 11) is 0. The van der Waals surface area contributed by atoms with Gasteiger partial charge in [0, 0.05) is 23.0 Å². The molecule has 0 aliphatic carbocycles. The molecule has 7 heteroatoms. The first-order valence-electron chi connectivity index (χ1n) is 8.81. The second-order valence-electron chi connectivity index (χ2n) is 6.12. The highest BCUT2D eigenvalue weighted by atomic mass is 32.1. The number of benzene rings is 2. The minimum absolute atomic E-state index is 0.339. The molecule has 0 spiro atoms. The van der Waals surface area contributed by atoms with Crippen molar-refractivity contribution in [1.29, 1.82) is 0 Å². The summed E-state index contributed by atoms with van der Waals surface area (Å²) >= 11 is 5.15. The van der Waals surface area contributed by atoms with Crippen LogP contribution in [0.15, 0.2) is 48.5 Å². The first-order chi connectivity index (χ1) is 13.1. The lowest BCUT2D eigenvalue weighted by Gasteiger charge is -2.11. The number of hydrazine groups is 1. The second kappa shape index (κ2) is 8.64. The van der Waals surface area contributed by atoms with Crippen LogP contribution in [0.5, 0.6) is 0 Å². The Morgan fingerprint density at radius 3 is 2.67 bits per heavy atom. The summed E-state index contributed by atoms with van der Waals surface area (Å²) in [4.78, 5) is 15.8. The predicted octanol–water partition coefficient (Wildman–Crippen LogP) is 3.88. The standard InChI is InChI=1S/C20H21FN4OS/c1-2-3-11-22-20(27)25-24-19(26)18-17(13-7-5-4-6-8-13)15-12-14(21)9-10-16(15)23-18/h4-10,12,23H,2-3,11H2,1H3,(H,24,26)(H2,22,25,27). The number of hydrogen-bond acceptors (Lipinski definition) is 2. The normalized spacial score (nSPS) is 10.6. The van der Waals surface area contributed by atoms with E-state index >= 15 is 0 Å². The van der Waals surface area contributed by atoms with E-state index < -0.39 is 0 Å². The third kappa shape index (κ3) is 4.43. The molecule has 0 atom stereocenters. The molecule has 0 saturated carbocycles. The number of unbranched alkanes of at least 4 members (excludes halogenated alkanes) is 1. The predicted molar refractivity (Wildman–Crippen MR) is 110 cm³/mol. The maximum absolute atomic E-state index is 13.8. The lowest BCUT2D eigenvalue weighted by molar-refractivity contribution is 0.0940. The van der Waals surface area contributed by atoms with Crippen LogP contribution in [0.4, 0.5) is 4.39 Å². The largest absolute Gasteiger partial charge is 0.361 e. The van der Waals surface area contributed by atoms with Crippen LogP contribution < -0.4 is 16.2 Å². The number of H-pyrrole nitrogens is 1. The van der Waals surface area contributed by atoms with Crippen molar-refractivity contribution in [3.05, 3.63) is 60.0 Å². The summed E-state index contributed by atoms with van der Waals surface area (Å²) in [5.74, 6) is -0.741. The fraction of sp³-hybridized carbons (Fsp3) is 0.200. The van der Waals surface area contributed by atoms with Gasteiger partial charge in [-0.1, -0.05) is 43.7 Å². The fourth-order valence-corrected chi connectivity index (χ4v) is 2.99. The van der Waals surface area contributed by atoms with Crippen LogP contribution in [-0.4, -0.2) is 22.5 Å². The van der Waals surface area contributed by atoms with Gasteiger partial charge in [0.2, 0.25) is 0 Å². The highest BCUT2D eigenvalue weighted by Crippen LogP contribution is 2.32. The molecular weight excluding hydrogens is 363 g/mol. The Labute approximate surface area is 162 Å². The first-order valence-corrected chi connectivity index (χ1v) is 9.21. The minimum Gasteiger partial charge on any atom is -0.361 e. The van der Waals surface area contributed by atoms with Gasteiger partial charge in [0.05, 0.1) is 0 Å². The Morgan fingerprint density at radius 2 is 1.93 bits per heavy atom. The monoisotopic (exact) mass is 384 g/mol. The number of fused-ring (bicyclic) bond motifs is 1. The van der Waals surface area contributed by atoms with E-state index in [1.54, 1.807) is 6.07 Å². The molecule has 1 amide bonds. The number of aromatic amines is 1. The molecule has 0 saturated heterocycles. The van der Waals surface area contributed by atoms with E-state index in [4.69, 9.17) is 12.2 Å². The molecular formula is C20H21FN4OS. The van der Waals surface area contributed by atoms with E-state index in [1.807, 2.05) is 30.3 Å². The van der Waals surface area contributed by atoms with Crippen LogP contribution in [0.2, 0.25) is 0 Å². The Kier molecular flexibility index (Phi) is 6.03. The van der Waals surface area contributed by atoms with Gasteiger partial charge in [-0.2, -0.15) is 0 Å². The summed E-state index contributed by atoms with van der Waals surface area (Å²) in [5, 5.41) is 4.01. The van der Waals surface area contributed by atoms with Crippen LogP contribution >= 0.6 is 12.2 Å². The number of hydrogen-bond donors (Lipinski definition) is 4. The second-order valence-corrected chi connectivity index (χ2v) is 6.53. The van der Waals surface area contributed by atoms with Crippen LogP contribution in [-0.2, 0) is 0 Å². The van der Waals surface area contributed by atoms with E-state index in [1.165, 1.54) is 12.1 Å². The number of carbonyl (C=O) groups excluding carboxylic acids is 1. The first kappa shape index (κ1) is 18.8. The molecule has 0 fully saturated rings. The molecule has 5 nitrogen and oxygen atoms in total. The van der Waals surface area contributed by atoms with Crippen molar-refractivity contribution in [3.8, 4) is 11.1 Å². The van der Waals surface area contributed by atoms with E-state index in [0.717, 1.165) is 24.9 Å². The van der Waals surface area contributed by atoms with Gasteiger partial charge in [0.1, 0.15) is 11.5 Å². The molecule has 0 bridgehead atoms. The van der Waals surface area contributed by atoms with Crippen molar-refractivity contribution in [1.82, 2.24) is 21.2 Å². The quantitative estimate of drug-likeness (QED) is 0.306. The summed E-state index contributed by atoms with van der Waals surface area (Å²) in [6.07, 6.45) is 2.04. The van der Waals surface area contributed by atoms with Crippen LogP contribution in [0, 0.1) is 5.82 Å². The molecule has 4 N–H and O–H groups in total. The van der Waals surface area contributed by atoms with Gasteiger partial charge < -0.3 is 10.3 Å². The van der Waals surface area contributed by atoms with Gasteiger partial charge in [0.15, 0.2) is 5.11 Å². The fourth-order valence-electron chi connectivity index (χ4n) is 2.84. The smallest absolute Gasteiger partial charge is 0.286 e. The Hall–Kier alpha value is -2.93. The highest BCUT2D eigenvalue weighted by molar-refractivity contribution is 7.80. The summed E-state index contributed by atoms with van der Waals surface area (Å²) in [6.45, 7) is 2.82. The Bertz CT molecular complexity index is 955. The molecule has 0 unspecified atom stereocenters. The molecule has 2 aromatic carbocycles. The van der Waals surface area contributed by atoms with Crippen molar-refractivity contribution in [2.24, 2.45) is 0 Å². The summed E-state index contributed by atoms with van der Waals surface area (Å²) in [6, 6.07) is 13.8. The zero-order valence-corrected chi connectivity index (χ0v) is 15.8. The molecule has 0 aliphatic rings. The average molecular weight is 384 g/mol. The van der Waals surface area contributed by atoms with Crippen molar-refractivity contribution >= 4 is 34.1 Å². The number of nitrogens with one attached hydrogen (secondary N) is 4. The van der Waals surface area contributed by atoms with Crippen molar-refractivity contribution < 1.29 is 9.18 Å². The third-order valence-electron chi connectivity index (χ3n) is 4.16. The van der Waals surface area contributed by atoms with Gasteiger partial charge in [-0.15, -0.1) is 0 Å². The van der Waals surface area contributed by atoms with Crippen LogP contribution in [0.1, 0.15) is 30.3 Å². The molecule has 1 aromatic heterocycles. The molecule has 1 heterocycles. The number of amides is 1. The molecule has 0 aliphatic heterocycles. The van der Waals surface area contributed by atoms with Crippen LogP contribution in [0.25, 0.3) is 22.0 Å². The van der Waals surface area contributed by atoms with Crippen molar-refractivity contribution in [2.75, 3.05) is 6.54 Å². The van der Waals surface area contributed by atoms with Gasteiger partial charge in [-0.05, 0) is 42.4 Å². The number of rotatable bonds is 5. The summed E-state index contributed by atoms with van der Waals surface area (Å²) in [5.41, 5.74) is 7.79. The van der Waals surface area contributed by atoms with Gasteiger partial charge in [0.25, 0.3) is 5.91 Å². The van der Waals surface area contributed by atoms with E-state index in [0.29, 0.717) is 27.3 Å². The van der Waals surface area contributed by atoms with E-state index in [2.05, 4.69) is 28.1 Å². The molecule has 140 valence electrons. The van der Waals surface area contributed by atoms with Crippen molar-refractivity contribution in [2.45, 2.75) is 19.8 Å². The topological polar surface area (TPSA) is 68.9 Å². The number of aromatic nitrogens is 1. The Morgan fingerprint density at radius 1 is 1.15 bits per heavy atom. The average Bonchev–Trinajstić information content (AvgIpc) is 3.05. The molecule has 3 aromatic rings. The van der Waals surface area contributed by atoms with E-state index in [-0.39, 0.29) is 11.7 Å². The SMILES string of the molecule is CCCCNC(=S)NNC(=O)c1[nH]c2ccc(F)cc2c1-c1ccccc1. The molecule has 0 radical (unpaired) electrons. The highest BCUT2D eigenvalue weighted by Gasteiger charge is 2.19. The summed E-state index contributed by atoms with van der Waals surface area (Å²) < 4.78 is 13.8. The van der Waals surface area contributed by atoms with E-state index in [9.17, 15) is 9.18 Å². The minimum atomic E-state index is -0.384. The van der Waals surface area contributed by atoms with Crippen molar-refractivity contribution in [3.63, 3.8) is 0 Å². The molecule has 3 rings (SSSR count). The van der Waals surface area contributed by atoms with Gasteiger partial charge >= 0.3 is 0 Å².